The smallest absolute Gasteiger partial charge is 0.0715 e. The second kappa shape index (κ2) is 6.23. The van der Waals surface area contributed by atoms with Gasteiger partial charge in [0.15, 0.2) is 0 Å². The Bertz CT molecular complexity index is 977. The van der Waals surface area contributed by atoms with E-state index in [1.54, 1.807) is 5.56 Å². The molecule has 0 spiro atoms. The van der Waals surface area contributed by atoms with Gasteiger partial charge in [-0.3, -0.25) is 0 Å². The highest BCUT2D eigenvalue weighted by atomic mass is 14.7. The molecule has 1 saturated carbocycles. The lowest BCUT2D eigenvalue weighted by molar-refractivity contribution is 0.311. The molecule has 3 aliphatic carbocycles. The van der Waals surface area contributed by atoms with Gasteiger partial charge in [-0.05, 0) is 99.1 Å². The van der Waals surface area contributed by atoms with E-state index in [0.717, 1.165) is 11.4 Å². The van der Waals surface area contributed by atoms with Gasteiger partial charge in [0.2, 0.25) is 0 Å². The topological polar surface area (TPSA) is 12.9 Å². The summed E-state index contributed by atoms with van der Waals surface area (Å²) in [5.74, 6) is 1.60. The summed E-state index contributed by atoms with van der Waals surface area (Å²) in [6.45, 7) is 4.52. The third-order valence-corrected chi connectivity index (χ3v) is 6.69. The summed E-state index contributed by atoms with van der Waals surface area (Å²) >= 11 is 0. The predicted molar refractivity (Wildman–Crippen MR) is 110 cm³/mol. The van der Waals surface area contributed by atoms with Gasteiger partial charge in [0.05, 0.1) is 11.2 Å². The zero-order valence-electron chi connectivity index (χ0n) is 15.9. The van der Waals surface area contributed by atoms with Crippen LogP contribution in [0, 0.1) is 19.8 Å². The maximum atomic E-state index is 5.12. The molecule has 2 aromatic carbocycles. The Morgan fingerprint density at radius 2 is 1.69 bits per heavy atom. The van der Waals surface area contributed by atoms with Crippen LogP contribution in [0.5, 0.6) is 0 Å². The number of fused-ring (bicyclic) bond motifs is 4. The van der Waals surface area contributed by atoms with E-state index in [1.165, 1.54) is 71.9 Å². The highest BCUT2D eigenvalue weighted by Crippen LogP contribution is 2.44. The predicted octanol–water partition coefficient (Wildman–Crippen LogP) is 6.74. The van der Waals surface area contributed by atoms with Gasteiger partial charge in [-0.25, -0.2) is 4.98 Å². The van der Waals surface area contributed by atoms with Crippen LogP contribution in [0.25, 0.3) is 22.2 Å². The monoisotopic (exact) mass is 341 g/mol. The minimum Gasteiger partial charge on any atom is -0.248 e. The van der Waals surface area contributed by atoms with Crippen LogP contribution in [0.4, 0.5) is 0 Å². The first-order valence-corrected chi connectivity index (χ1v) is 10.2. The average Bonchev–Trinajstić information content (AvgIpc) is 2.68. The van der Waals surface area contributed by atoms with E-state index < -0.39 is 0 Å². The van der Waals surface area contributed by atoms with Crippen molar-refractivity contribution in [2.24, 2.45) is 5.92 Å². The molecule has 26 heavy (non-hydrogen) atoms. The van der Waals surface area contributed by atoms with E-state index in [-0.39, 0.29) is 0 Å². The average molecular weight is 341 g/mol. The SMILES string of the molecule is Cc1cc(C)c2c(c1)-c1cc(c3ccccc3n1)CCC1CCC2CC1. The first-order valence-electron chi connectivity index (χ1n) is 10.2. The minimum absolute atomic E-state index is 0.705. The number of pyridine rings is 1. The molecule has 132 valence electrons. The molecule has 0 atom stereocenters. The lowest BCUT2D eigenvalue weighted by Gasteiger charge is -2.30. The van der Waals surface area contributed by atoms with Gasteiger partial charge in [-0.15, -0.1) is 0 Å². The van der Waals surface area contributed by atoms with Crippen molar-refractivity contribution in [3.63, 3.8) is 0 Å². The Balaban J connectivity index is 1.82. The molecular weight excluding hydrogens is 314 g/mol. The highest BCUT2D eigenvalue weighted by molar-refractivity contribution is 5.86. The van der Waals surface area contributed by atoms with Crippen molar-refractivity contribution in [2.45, 2.75) is 58.3 Å². The Labute approximate surface area is 156 Å². The molecule has 1 aromatic heterocycles. The number of benzene rings is 2. The summed E-state index contributed by atoms with van der Waals surface area (Å²) in [5.41, 5.74) is 9.59. The maximum Gasteiger partial charge on any atom is 0.0715 e. The van der Waals surface area contributed by atoms with Gasteiger partial charge in [-0.1, -0.05) is 29.8 Å². The number of nitrogens with zero attached hydrogens (tertiary/aromatic N) is 1. The van der Waals surface area contributed by atoms with Crippen LogP contribution in [-0.2, 0) is 6.42 Å². The summed E-state index contributed by atoms with van der Waals surface area (Å²) in [6, 6.07) is 15.8. The fourth-order valence-corrected chi connectivity index (χ4v) is 5.42. The Morgan fingerprint density at radius 1 is 0.885 bits per heavy atom. The second-order valence-corrected chi connectivity index (χ2v) is 8.48. The number of para-hydroxylation sites is 1. The zero-order valence-corrected chi connectivity index (χ0v) is 15.9. The molecule has 6 rings (SSSR count). The van der Waals surface area contributed by atoms with Crippen molar-refractivity contribution >= 4 is 10.9 Å². The van der Waals surface area contributed by atoms with E-state index in [1.807, 2.05) is 0 Å². The largest absolute Gasteiger partial charge is 0.248 e. The van der Waals surface area contributed by atoms with Crippen molar-refractivity contribution in [1.82, 2.24) is 4.98 Å². The van der Waals surface area contributed by atoms with Gasteiger partial charge in [0.1, 0.15) is 0 Å². The van der Waals surface area contributed by atoms with Crippen molar-refractivity contribution in [3.8, 4) is 11.3 Å². The van der Waals surface area contributed by atoms with E-state index in [0.29, 0.717) is 5.92 Å². The lowest BCUT2D eigenvalue weighted by Crippen LogP contribution is -2.15. The Morgan fingerprint density at radius 3 is 2.54 bits per heavy atom. The zero-order chi connectivity index (χ0) is 17.7. The molecule has 0 unspecified atom stereocenters. The molecule has 0 aliphatic heterocycles. The van der Waals surface area contributed by atoms with Gasteiger partial charge >= 0.3 is 0 Å². The number of hydrogen-bond acceptors (Lipinski definition) is 1. The highest BCUT2D eigenvalue weighted by Gasteiger charge is 2.27. The van der Waals surface area contributed by atoms with Crippen LogP contribution >= 0.6 is 0 Å². The minimum atomic E-state index is 0.705. The number of aromatic nitrogens is 1. The molecule has 1 heteroatoms. The van der Waals surface area contributed by atoms with Crippen LogP contribution in [0.3, 0.4) is 0 Å². The molecule has 1 fully saturated rings. The fraction of sp³-hybridized carbons (Fsp3) is 0.400. The van der Waals surface area contributed by atoms with Gasteiger partial charge in [-0.2, -0.15) is 0 Å². The first-order chi connectivity index (χ1) is 12.7. The summed E-state index contributed by atoms with van der Waals surface area (Å²) in [4.78, 5) is 5.12. The van der Waals surface area contributed by atoms with Gasteiger partial charge in [0.25, 0.3) is 0 Å². The molecule has 4 bridgehead atoms. The van der Waals surface area contributed by atoms with Crippen LogP contribution in [-0.4, -0.2) is 4.98 Å². The van der Waals surface area contributed by atoms with Crippen LogP contribution in [0.15, 0.2) is 42.5 Å². The van der Waals surface area contributed by atoms with Crippen molar-refractivity contribution < 1.29 is 0 Å². The van der Waals surface area contributed by atoms with E-state index in [4.69, 9.17) is 4.98 Å². The molecule has 3 aliphatic rings. The second-order valence-electron chi connectivity index (χ2n) is 8.48. The van der Waals surface area contributed by atoms with Crippen molar-refractivity contribution in [2.75, 3.05) is 0 Å². The molecule has 0 N–H and O–H groups in total. The summed E-state index contributed by atoms with van der Waals surface area (Å²) < 4.78 is 0. The molecule has 0 saturated heterocycles. The van der Waals surface area contributed by atoms with E-state index in [9.17, 15) is 0 Å². The third kappa shape index (κ3) is 2.65. The fourth-order valence-electron chi connectivity index (χ4n) is 5.42. The van der Waals surface area contributed by atoms with Crippen LogP contribution in [0.2, 0.25) is 0 Å². The van der Waals surface area contributed by atoms with E-state index in [2.05, 4.69) is 56.3 Å². The van der Waals surface area contributed by atoms with Crippen LogP contribution < -0.4 is 0 Å². The molecule has 0 amide bonds. The number of aryl methyl sites for hydroxylation is 3. The number of rotatable bonds is 0. The lowest BCUT2D eigenvalue weighted by atomic mass is 9.74. The summed E-state index contributed by atoms with van der Waals surface area (Å²) in [7, 11) is 0. The quantitative estimate of drug-likeness (QED) is 0.441. The standard InChI is InChI=1S/C25H27N/c1-16-13-17(2)25-19-10-7-18(8-11-19)9-12-20-15-24(22(25)14-16)26-23-6-4-3-5-21(20)23/h3-6,13-15,18-19H,7-12H2,1-2H3. The molecule has 3 aromatic rings. The molecule has 1 nitrogen and oxygen atoms in total. The molecule has 1 heterocycles. The van der Waals surface area contributed by atoms with E-state index >= 15 is 0 Å². The maximum absolute atomic E-state index is 5.12. The van der Waals surface area contributed by atoms with Gasteiger partial charge < -0.3 is 0 Å². The molecular formula is C25H27N. The van der Waals surface area contributed by atoms with Gasteiger partial charge in [0, 0.05) is 10.9 Å². The summed E-state index contributed by atoms with van der Waals surface area (Å²) in [6.07, 6.45) is 7.98. The normalized spacial score (nSPS) is 22.1. The summed E-state index contributed by atoms with van der Waals surface area (Å²) in [5, 5.41) is 1.34. The third-order valence-electron chi connectivity index (χ3n) is 6.69. The van der Waals surface area contributed by atoms with Crippen molar-refractivity contribution in [3.05, 3.63) is 64.7 Å². The molecule has 0 radical (unpaired) electrons. The first kappa shape index (κ1) is 16.1. The Kier molecular flexibility index (Phi) is 3.85. The Hall–Kier alpha value is -2.15. The van der Waals surface area contributed by atoms with Crippen LogP contribution in [0.1, 0.15) is 60.3 Å². The van der Waals surface area contributed by atoms with Crippen molar-refractivity contribution in [1.29, 1.82) is 0 Å². The number of hydrogen-bond donors (Lipinski definition) is 0.